The van der Waals surface area contributed by atoms with E-state index in [0.29, 0.717) is 12.4 Å². The number of hydrogen-bond acceptors (Lipinski definition) is 5. The lowest BCUT2D eigenvalue weighted by molar-refractivity contribution is 0.234. The van der Waals surface area contributed by atoms with Gasteiger partial charge in [0.25, 0.3) is 10.2 Å². The second-order valence-corrected chi connectivity index (χ2v) is 9.01. The normalized spacial score (nSPS) is 19.2. The monoisotopic (exact) mass is 378 g/mol. The first-order chi connectivity index (χ1) is 12.2. The van der Waals surface area contributed by atoms with Crippen LogP contribution in [-0.2, 0) is 17.3 Å². The van der Waals surface area contributed by atoms with Crippen LogP contribution in [0.3, 0.4) is 0 Å². The van der Waals surface area contributed by atoms with Crippen LogP contribution in [-0.4, -0.2) is 57.2 Å². The van der Waals surface area contributed by atoms with Crippen molar-refractivity contribution in [3.8, 4) is 11.4 Å². The smallest absolute Gasteiger partial charge is 0.282 e. The standard InChI is InChI=1S/C17H26N6O2S/c1-12-10-14(16-11-18-13(2)22(16)5)20-17(19-12)15-8-6-7-9-23(15)26(24,25)21(3)4/h10-11,15H,6-9H2,1-5H3/t15-/m1/s1. The van der Waals surface area contributed by atoms with Crippen LogP contribution in [0.5, 0.6) is 0 Å². The number of nitrogens with zero attached hydrogens (tertiary/aromatic N) is 6. The third-order valence-corrected chi connectivity index (χ3v) is 6.82. The van der Waals surface area contributed by atoms with E-state index in [1.165, 1.54) is 8.61 Å². The molecule has 0 saturated carbocycles. The van der Waals surface area contributed by atoms with E-state index in [1.54, 1.807) is 20.3 Å². The molecule has 0 bridgehead atoms. The van der Waals surface area contributed by atoms with Gasteiger partial charge in [-0.05, 0) is 32.8 Å². The van der Waals surface area contributed by atoms with Crippen LogP contribution in [0.25, 0.3) is 11.4 Å². The van der Waals surface area contributed by atoms with E-state index in [1.807, 2.05) is 31.5 Å². The van der Waals surface area contributed by atoms with Crippen LogP contribution in [0, 0.1) is 13.8 Å². The molecule has 0 aromatic carbocycles. The van der Waals surface area contributed by atoms with Crippen molar-refractivity contribution >= 4 is 10.2 Å². The molecular weight excluding hydrogens is 352 g/mol. The van der Waals surface area contributed by atoms with E-state index >= 15 is 0 Å². The summed E-state index contributed by atoms with van der Waals surface area (Å²) in [5, 5.41) is 0. The molecule has 0 amide bonds. The molecule has 0 radical (unpaired) electrons. The zero-order valence-electron chi connectivity index (χ0n) is 16.0. The second kappa shape index (κ2) is 7.05. The molecular formula is C17H26N6O2S. The number of piperidine rings is 1. The van der Waals surface area contributed by atoms with Gasteiger partial charge in [0.05, 0.1) is 23.6 Å². The predicted octanol–water partition coefficient (Wildman–Crippen LogP) is 1.83. The zero-order valence-corrected chi connectivity index (χ0v) is 16.8. The van der Waals surface area contributed by atoms with Crippen molar-refractivity contribution in [1.29, 1.82) is 0 Å². The summed E-state index contributed by atoms with van der Waals surface area (Å²) in [5.74, 6) is 1.45. The Morgan fingerprint density at radius 1 is 1.19 bits per heavy atom. The lowest BCUT2D eigenvalue weighted by Crippen LogP contribution is -2.45. The molecule has 142 valence electrons. The molecule has 1 saturated heterocycles. The molecule has 1 aliphatic rings. The molecule has 1 aliphatic heterocycles. The molecule has 3 heterocycles. The Morgan fingerprint density at radius 2 is 1.92 bits per heavy atom. The van der Waals surface area contributed by atoms with Gasteiger partial charge in [-0.15, -0.1) is 0 Å². The Hall–Kier alpha value is -1.84. The Morgan fingerprint density at radius 3 is 2.54 bits per heavy atom. The number of imidazole rings is 1. The summed E-state index contributed by atoms with van der Waals surface area (Å²) in [6.07, 6.45) is 4.32. The largest absolute Gasteiger partial charge is 0.330 e. The van der Waals surface area contributed by atoms with Crippen LogP contribution in [0.2, 0.25) is 0 Å². The van der Waals surface area contributed by atoms with E-state index in [-0.39, 0.29) is 6.04 Å². The van der Waals surface area contributed by atoms with Crippen molar-refractivity contribution in [3.05, 3.63) is 29.6 Å². The minimum atomic E-state index is -3.52. The van der Waals surface area contributed by atoms with Crippen molar-refractivity contribution in [3.63, 3.8) is 0 Å². The highest BCUT2D eigenvalue weighted by atomic mass is 32.2. The van der Waals surface area contributed by atoms with Gasteiger partial charge in [-0.3, -0.25) is 0 Å². The van der Waals surface area contributed by atoms with Crippen molar-refractivity contribution in [2.24, 2.45) is 7.05 Å². The van der Waals surface area contributed by atoms with Gasteiger partial charge in [0, 0.05) is 33.4 Å². The quantitative estimate of drug-likeness (QED) is 0.810. The number of hydrogen-bond donors (Lipinski definition) is 0. The molecule has 0 N–H and O–H groups in total. The SMILES string of the molecule is Cc1cc(-c2cnc(C)n2C)nc([C@H]2CCCCN2S(=O)(=O)N(C)C)n1. The molecule has 0 unspecified atom stereocenters. The molecule has 2 aromatic rings. The van der Waals surface area contributed by atoms with Gasteiger partial charge in [0.1, 0.15) is 11.6 Å². The van der Waals surface area contributed by atoms with E-state index in [4.69, 9.17) is 4.98 Å². The molecule has 1 fully saturated rings. The van der Waals surface area contributed by atoms with Crippen LogP contribution in [0.4, 0.5) is 0 Å². The van der Waals surface area contributed by atoms with Crippen molar-refractivity contribution in [2.75, 3.05) is 20.6 Å². The lowest BCUT2D eigenvalue weighted by atomic mass is 10.0. The third-order valence-electron chi connectivity index (χ3n) is 4.86. The van der Waals surface area contributed by atoms with Gasteiger partial charge in [0.2, 0.25) is 0 Å². The minimum Gasteiger partial charge on any atom is -0.330 e. The number of rotatable bonds is 4. The zero-order chi connectivity index (χ0) is 19.1. The molecule has 0 aliphatic carbocycles. The average Bonchev–Trinajstić information content (AvgIpc) is 2.93. The molecule has 2 aromatic heterocycles. The van der Waals surface area contributed by atoms with Crippen molar-refractivity contribution in [1.82, 2.24) is 28.1 Å². The average molecular weight is 379 g/mol. The summed E-state index contributed by atoms with van der Waals surface area (Å²) < 4.78 is 30.3. The van der Waals surface area contributed by atoms with Gasteiger partial charge in [-0.1, -0.05) is 6.42 Å². The maximum Gasteiger partial charge on any atom is 0.282 e. The van der Waals surface area contributed by atoms with Crippen molar-refractivity contribution in [2.45, 2.75) is 39.2 Å². The minimum absolute atomic E-state index is 0.343. The lowest BCUT2D eigenvalue weighted by Gasteiger charge is -2.35. The highest BCUT2D eigenvalue weighted by Crippen LogP contribution is 2.33. The fourth-order valence-electron chi connectivity index (χ4n) is 3.26. The van der Waals surface area contributed by atoms with Gasteiger partial charge in [0.15, 0.2) is 0 Å². The Labute approximate surface area is 155 Å². The Kier molecular flexibility index (Phi) is 5.14. The fourth-order valence-corrected chi connectivity index (χ4v) is 4.56. The van der Waals surface area contributed by atoms with Crippen LogP contribution in [0.15, 0.2) is 12.3 Å². The molecule has 1 atom stereocenters. The molecule has 9 heteroatoms. The summed E-state index contributed by atoms with van der Waals surface area (Å²) in [5.41, 5.74) is 2.48. The van der Waals surface area contributed by atoms with Gasteiger partial charge in [-0.25, -0.2) is 15.0 Å². The first-order valence-corrected chi connectivity index (χ1v) is 10.1. The number of aromatic nitrogens is 4. The number of aryl methyl sites for hydroxylation is 2. The summed E-state index contributed by atoms with van der Waals surface area (Å²) in [6.45, 7) is 4.33. The highest BCUT2D eigenvalue weighted by molar-refractivity contribution is 7.86. The summed E-state index contributed by atoms with van der Waals surface area (Å²) in [6, 6.07) is 1.57. The van der Waals surface area contributed by atoms with Gasteiger partial charge in [-0.2, -0.15) is 17.0 Å². The first-order valence-electron chi connectivity index (χ1n) is 8.75. The fraction of sp³-hybridized carbons (Fsp3) is 0.588. The Balaban J connectivity index is 2.06. The summed E-state index contributed by atoms with van der Waals surface area (Å²) in [7, 11) is 1.54. The van der Waals surface area contributed by atoms with E-state index in [9.17, 15) is 8.42 Å². The maximum absolute atomic E-state index is 12.7. The Bertz CT molecular complexity index is 906. The molecule has 3 rings (SSSR count). The van der Waals surface area contributed by atoms with Crippen LogP contribution >= 0.6 is 0 Å². The van der Waals surface area contributed by atoms with Crippen LogP contribution < -0.4 is 0 Å². The second-order valence-electron chi connectivity index (χ2n) is 6.91. The molecule has 26 heavy (non-hydrogen) atoms. The van der Waals surface area contributed by atoms with E-state index < -0.39 is 10.2 Å². The molecule has 8 nitrogen and oxygen atoms in total. The van der Waals surface area contributed by atoms with E-state index in [0.717, 1.165) is 42.2 Å². The summed E-state index contributed by atoms with van der Waals surface area (Å²) in [4.78, 5) is 13.6. The van der Waals surface area contributed by atoms with Crippen molar-refractivity contribution < 1.29 is 8.42 Å². The molecule has 0 spiro atoms. The van der Waals surface area contributed by atoms with Crippen LogP contribution in [0.1, 0.15) is 42.6 Å². The first kappa shape index (κ1) is 18.9. The van der Waals surface area contributed by atoms with E-state index in [2.05, 4.69) is 9.97 Å². The maximum atomic E-state index is 12.7. The highest BCUT2D eigenvalue weighted by Gasteiger charge is 2.36. The summed E-state index contributed by atoms with van der Waals surface area (Å²) >= 11 is 0. The van der Waals surface area contributed by atoms with Gasteiger partial charge < -0.3 is 4.57 Å². The predicted molar refractivity (Wildman–Crippen MR) is 99.6 cm³/mol. The third kappa shape index (κ3) is 3.38. The van der Waals surface area contributed by atoms with Gasteiger partial charge >= 0.3 is 0 Å². The topological polar surface area (TPSA) is 84.2 Å².